The number of rotatable bonds is 9. The van der Waals surface area contributed by atoms with Crippen molar-refractivity contribution >= 4 is 17.8 Å². The highest BCUT2D eigenvalue weighted by atomic mass is 19.1. The van der Waals surface area contributed by atoms with Gasteiger partial charge in [0, 0.05) is 18.8 Å². The van der Waals surface area contributed by atoms with E-state index >= 15 is 0 Å². The van der Waals surface area contributed by atoms with Crippen molar-refractivity contribution < 1.29 is 23.5 Å². The van der Waals surface area contributed by atoms with Crippen molar-refractivity contribution in [1.29, 1.82) is 0 Å². The fourth-order valence-corrected chi connectivity index (χ4v) is 3.11. The molecule has 0 fully saturated rings. The molecule has 0 aliphatic heterocycles. The Morgan fingerprint density at radius 3 is 2.55 bits per heavy atom. The van der Waals surface area contributed by atoms with Crippen molar-refractivity contribution in [2.45, 2.75) is 33.1 Å². The Morgan fingerprint density at radius 1 is 1.17 bits per heavy atom. The van der Waals surface area contributed by atoms with Crippen LogP contribution in [-0.2, 0) is 22.4 Å². The van der Waals surface area contributed by atoms with Crippen LogP contribution in [0.15, 0.2) is 24.3 Å². The van der Waals surface area contributed by atoms with Gasteiger partial charge in [0.2, 0.25) is 5.91 Å². The van der Waals surface area contributed by atoms with E-state index in [1.165, 1.54) is 19.2 Å². The van der Waals surface area contributed by atoms with Crippen molar-refractivity contribution in [2.75, 3.05) is 20.2 Å². The standard InChI is InChI=1S/C21H26FN3O4/c1-4-6-16-18(21(28)29-3)13(2)25-19(16)20(27)24-10-9-23-17(26)12-14-7-5-8-15(22)11-14/h5,7-8,11,25H,4,6,9-10,12H2,1-3H3,(H,23,26)(H,24,27). The maximum absolute atomic E-state index is 13.2. The molecule has 0 bridgehead atoms. The van der Waals surface area contributed by atoms with E-state index < -0.39 is 11.8 Å². The van der Waals surface area contributed by atoms with Gasteiger partial charge in [0.25, 0.3) is 5.91 Å². The molecule has 0 aliphatic rings. The van der Waals surface area contributed by atoms with Gasteiger partial charge in [-0.25, -0.2) is 9.18 Å². The molecule has 29 heavy (non-hydrogen) atoms. The van der Waals surface area contributed by atoms with E-state index in [-0.39, 0.29) is 31.3 Å². The van der Waals surface area contributed by atoms with Crippen molar-refractivity contribution in [2.24, 2.45) is 0 Å². The van der Waals surface area contributed by atoms with Crippen molar-refractivity contribution in [3.63, 3.8) is 0 Å². The van der Waals surface area contributed by atoms with Crippen LogP contribution in [0.4, 0.5) is 4.39 Å². The molecule has 0 atom stereocenters. The molecule has 8 heteroatoms. The molecule has 1 aromatic carbocycles. The van der Waals surface area contributed by atoms with Gasteiger partial charge in [0.1, 0.15) is 11.5 Å². The third kappa shape index (κ3) is 5.91. The second kappa shape index (κ2) is 10.4. The monoisotopic (exact) mass is 403 g/mol. The molecule has 0 aliphatic carbocycles. The third-order valence-electron chi connectivity index (χ3n) is 4.39. The fraction of sp³-hybridized carbons (Fsp3) is 0.381. The number of ether oxygens (including phenoxy) is 1. The molecule has 1 heterocycles. The number of aryl methyl sites for hydroxylation is 1. The Labute approximate surface area is 169 Å². The van der Waals surface area contributed by atoms with Gasteiger partial charge in [-0.2, -0.15) is 0 Å². The summed E-state index contributed by atoms with van der Waals surface area (Å²) >= 11 is 0. The van der Waals surface area contributed by atoms with Crippen LogP contribution in [0.3, 0.4) is 0 Å². The summed E-state index contributed by atoms with van der Waals surface area (Å²) < 4.78 is 18.0. The summed E-state index contributed by atoms with van der Waals surface area (Å²) in [5.41, 5.74) is 2.50. The average Bonchev–Trinajstić information content (AvgIpc) is 3.01. The quantitative estimate of drug-likeness (QED) is 0.442. The van der Waals surface area contributed by atoms with Crippen LogP contribution in [0.1, 0.15) is 51.0 Å². The predicted molar refractivity (Wildman–Crippen MR) is 106 cm³/mol. The second-order valence-electron chi connectivity index (χ2n) is 6.63. The number of halogens is 1. The van der Waals surface area contributed by atoms with Gasteiger partial charge in [0.15, 0.2) is 0 Å². The Hall–Kier alpha value is -3.16. The van der Waals surface area contributed by atoms with Gasteiger partial charge in [-0.3, -0.25) is 9.59 Å². The highest BCUT2D eigenvalue weighted by Gasteiger charge is 2.24. The van der Waals surface area contributed by atoms with Crippen LogP contribution < -0.4 is 10.6 Å². The molecule has 3 N–H and O–H groups in total. The lowest BCUT2D eigenvalue weighted by Crippen LogP contribution is -2.35. The largest absolute Gasteiger partial charge is 0.465 e. The predicted octanol–water partition coefficient (Wildman–Crippen LogP) is 2.29. The van der Waals surface area contributed by atoms with Crippen LogP contribution >= 0.6 is 0 Å². The van der Waals surface area contributed by atoms with Gasteiger partial charge in [-0.1, -0.05) is 25.5 Å². The average molecular weight is 403 g/mol. The highest BCUT2D eigenvalue weighted by molar-refractivity contribution is 6.00. The van der Waals surface area contributed by atoms with E-state index in [0.717, 1.165) is 6.42 Å². The summed E-state index contributed by atoms with van der Waals surface area (Å²) in [4.78, 5) is 39.5. The SMILES string of the molecule is CCCc1c(C(=O)NCCNC(=O)Cc2cccc(F)c2)[nH]c(C)c1C(=O)OC. The number of carbonyl (C=O) groups is 3. The minimum Gasteiger partial charge on any atom is -0.465 e. The van der Waals surface area contributed by atoms with Crippen LogP contribution in [0.2, 0.25) is 0 Å². The van der Waals surface area contributed by atoms with Crippen LogP contribution in [-0.4, -0.2) is 43.0 Å². The zero-order valence-electron chi connectivity index (χ0n) is 16.9. The van der Waals surface area contributed by atoms with E-state index in [1.54, 1.807) is 19.1 Å². The van der Waals surface area contributed by atoms with E-state index in [1.807, 2.05) is 6.92 Å². The molecule has 2 amide bonds. The van der Waals surface area contributed by atoms with Crippen molar-refractivity contribution in [1.82, 2.24) is 15.6 Å². The zero-order chi connectivity index (χ0) is 21.4. The summed E-state index contributed by atoms with van der Waals surface area (Å²) in [7, 11) is 1.30. The summed E-state index contributed by atoms with van der Waals surface area (Å²) in [6.45, 7) is 4.12. The first-order valence-corrected chi connectivity index (χ1v) is 9.46. The molecule has 156 valence electrons. The minimum atomic E-state index is -0.481. The van der Waals surface area contributed by atoms with Gasteiger partial charge < -0.3 is 20.4 Å². The number of amides is 2. The van der Waals surface area contributed by atoms with Crippen molar-refractivity contribution in [3.05, 3.63) is 58.2 Å². The van der Waals surface area contributed by atoms with E-state index in [4.69, 9.17) is 4.74 Å². The van der Waals surface area contributed by atoms with Crippen LogP contribution in [0.5, 0.6) is 0 Å². The topological polar surface area (TPSA) is 100 Å². The Morgan fingerprint density at radius 2 is 1.90 bits per heavy atom. The first-order valence-electron chi connectivity index (χ1n) is 9.46. The first-order chi connectivity index (χ1) is 13.9. The maximum atomic E-state index is 13.2. The maximum Gasteiger partial charge on any atom is 0.339 e. The van der Waals surface area contributed by atoms with Gasteiger partial charge in [0.05, 0.1) is 19.1 Å². The Bertz CT molecular complexity index is 892. The number of H-pyrrole nitrogens is 1. The van der Waals surface area contributed by atoms with Gasteiger partial charge >= 0.3 is 5.97 Å². The van der Waals surface area contributed by atoms with E-state index in [9.17, 15) is 18.8 Å². The molecule has 0 saturated heterocycles. The minimum absolute atomic E-state index is 0.0602. The van der Waals surface area contributed by atoms with E-state index in [0.29, 0.717) is 34.5 Å². The van der Waals surface area contributed by atoms with Gasteiger partial charge in [-0.15, -0.1) is 0 Å². The number of aromatic nitrogens is 1. The lowest BCUT2D eigenvalue weighted by Gasteiger charge is -2.09. The molecule has 2 aromatic rings. The number of hydrogen-bond acceptors (Lipinski definition) is 4. The lowest BCUT2D eigenvalue weighted by molar-refractivity contribution is -0.120. The molecule has 7 nitrogen and oxygen atoms in total. The summed E-state index contributed by atoms with van der Waals surface area (Å²) in [5.74, 6) is -1.49. The zero-order valence-corrected chi connectivity index (χ0v) is 16.9. The molecule has 1 aromatic heterocycles. The number of esters is 1. The molecule has 0 unspecified atom stereocenters. The van der Waals surface area contributed by atoms with E-state index in [2.05, 4.69) is 15.6 Å². The van der Waals surface area contributed by atoms with Crippen molar-refractivity contribution in [3.8, 4) is 0 Å². The number of carbonyl (C=O) groups excluding carboxylic acids is 3. The molecule has 0 spiro atoms. The highest BCUT2D eigenvalue weighted by Crippen LogP contribution is 2.21. The lowest BCUT2D eigenvalue weighted by atomic mass is 10.0. The Kier molecular flexibility index (Phi) is 7.94. The van der Waals surface area contributed by atoms with Crippen LogP contribution in [0, 0.1) is 12.7 Å². The number of nitrogens with one attached hydrogen (secondary N) is 3. The molecule has 0 saturated carbocycles. The molecular formula is C21H26FN3O4. The number of methoxy groups -OCH3 is 1. The third-order valence-corrected chi connectivity index (χ3v) is 4.39. The summed E-state index contributed by atoms with van der Waals surface area (Å²) in [5, 5.41) is 5.41. The summed E-state index contributed by atoms with van der Waals surface area (Å²) in [6.07, 6.45) is 1.38. The number of benzene rings is 1. The van der Waals surface area contributed by atoms with Crippen LogP contribution in [0.25, 0.3) is 0 Å². The smallest absolute Gasteiger partial charge is 0.339 e. The summed E-state index contributed by atoms with van der Waals surface area (Å²) in [6, 6.07) is 5.85. The Balaban J connectivity index is 1.90. The molecule has 0 radical (unpaired) electrons. The first kappa shape index (κ1) is 22.1. The molecular weight excluding hydrogens is 377 g/mol. The fourth-order valence-electron chi connectivity index (χ4n) is 3.11. The number of hydrogen-bond donors (Lipinski definition) is 3. The number of aromatic amines is 1. The second-order valence-corrected chi connectivity index (χ2v) is 6.63. The van der Waals surface area contributed by atoms with Gasteiger partial charge in [-0.05, 0) is 36.6 Å². The normalized spacial score (nSPS) is 10.5. The molecule has 2 rings (SSSR count).